The van der Waals surface area contributed by atoms with Crippen LogP contribution in [-0.2, 0) is 14.8 Å². The van der Waals surface area contributed by atoms with Crippen molar-refractivity contribution < 1.29 is 27.9 Å². The molecule has 0 bridgehead atoms. The van der Waals surface area contributed by atoms with Crippen molar-refractivity contribution in [3.63, 3.8) is 0 Å². The Morgan fingerprint density at radius 3 is 2.39 bits per heavy atom. The van der Waals surface area contributed by atoms with E-state index in [1.54, 1.807) is 12.1 Å². The third-order valence-electron chi connectivity index (χ3n) is 4.89. The van der Waals surface area contributed by atoms with E-state index in [0.29, 0.717) is 11.3 Å². The highest BCUT2D eigenvalue weighted by molar-refractivity contribution is 7.89. The molecule has 0 aromatic heterocycles. The van der Waals surface area contributed by atoms with E-state index in [4.69, 9.17) is 0 Å². The fourth-order valence-electron chi connectivity index (χ4n) is 3.22. The van der Waals surface area contributed by atoms with Gasteiger partial charge < -0.3 is 10.0 Å². The van der Waals surface area contributed by atoms with Crippen LogP contribution < -0.4 is 10.2 Å². The first kappa shape index (κ1) is 20.2. The van der Waals surface area contributed by atoms with Gasteiger partial charge in [-0.3, -0.25) is 19.8 Å². The number of carbonyl (C=O) groups excluding carboxylic acids is 3. The number of imide groups is 1. The van der Waals surface area contributed by atoms with E-state index in [1.807, 2.05) is 0 Å². The SMILES string of the molecule is CN(C)S(=O)(=O)C[C@@H]1CN(C(=O)c2ccc(N3CC(=O)NC3=O)cc2)C[C@@H]1O. The zero-order valence-corrected chi connectivity index (χ0v) is 16.3. The molecule has 0 saturated carbocycles. The number of anilines is 1. The lowest BCUT2D eigenvalue weighted by atomic mass is 10.1. The molecule has 2 heterocycles. The number of sulfonamides is 1. The average Bonchev–Trinajstić information content (AvgIpc) is 3.15. The van der Waals surface area contributed by atoms with Crippen LogP contribution >= 0.6 is 0 Å². The molecule has 0 unspecified atom stereocenters. The first-order valence-corrected chi connectivity index (χ1v) is 10.3. The molecule has 1 aromatic carbocycles. The summed E-state index contributed by atoms with van der Waals surface area (Å²) in [7, 11) is -0.637. The maximum absolute atomic E-state index is 12.7. The van der Waals surface area contributed by atoms with E-state index in [2.05, 4.69) is 5.32 Å². The molecule has 10 nitrogen and oxygen atoms in total. The predicted octanol–water partition coefficient (Wildman–Crippen LogP) is -0.933. The molecular formula is C17H22N4O6S. The van der Waals surface area contributed by atoms with E-state index >= 15 is 0 Å². The number of aliphatic hydroxyl groups excluding tert-OH is 1. The number of benzene rings is 1. The zero-order valence-electron chi connectivity index (χ0n) is 15.5. The van der Waals surface area contributed by atoms with Crippen molar-refractivity contribution in [1.82, 2.24) is 14.5 Å². The number of amides is 4. The number of rotatable bonds is 5. The molecule has 2 aliphatic rings. The highest BCUT2D eigenvalue weighted by Gasteiger charge is 2.37. The maximum Gasteiger partial charge on any atom is 0.329 e. The van der Waals surface area contributed by atoms with Gasteiger partial charge in [0.25, 0.3) is 5.91 Å². The zero-order chi connectivity index (χ0) is 20.6. The van der Waals surface area contributed by atoms with Crippen LogP contribution in [0.1, 0.15) is 10.4 Å². The highest BCUT2D eigenvalue weighted by Crippen LogP contribution is 2.23. The highest BCUT2D eigenvalue weighted by atomic mass is 32.2. The number of β-amino-alcohol motifs (C(OH)–C–C–N with tert-alkyl or cyclic N) is 1. The summed E-state index contributed by atoms with van der Waals surface area (Å²) in [5, 5.41) is 12.4. The summed E-state index contributed by atoms with van der Waals surface area (Å²) in [5.74, 6) is -1.52. The Kier molecular flexibility index (Phi) is 5.41. The van der Waals surface area contributed by atoms with Gasteiger partial charge in [0.2, 0.25) is 15.9 Å². The number of urea groups is 1. The van der Waals surface area contributed by atoms with Gasteiger partial charge in [-0.15, -0.1) is 0 Å². The Morgan fingerprint density at radius 1 is 1.21 bits per heavy atom. The fourth-order valence-corrected chi connectivity index (χ4v) is 4.39. The molecule has 3 rings (SSSR count). The number of hydrogen-bond donors (Lipinski definition) is 2. The minimum atomic E-state index is -3.49. The van der Waals surface area contributed by atoms with Gasteiger partial charge in [-0.05, 0) is 24.3 Å². The van der Waals surface area contributed by atoms with Crippen molar-refractivity contribution >= 4 is 33.6 Å². The second kappa shape index (κ2) is 7.49. The predicted molar refractivity (Wildman–Crippen MR) is 100 cm³/mol. The topological polar surface area (TPSA) is 127 Å². The van der Waals surface area contributed by atoms with Crippen LogP contribution in [0.3, 0.4) is 0 Å². The van der Waals surface area contributed by atoms with Gasteiger partial charge in [-0.1, -0.05) is 0 Å². The van der Waals surface area contributed by atoms with Gasteiger partial charge >= 0.3 is 6.03 Å². The lowest BCUT2D eigenvalue weighted by Gasteiger charge is -2.18. The normalized spacial score (nSPS) is 22.9. The molecule has 11 heteroatoms. The van der Waals surface area contributed by atoms with Crippen LogP contribution in [0.5, 0.6) is 0 Å². The van der Waals surface area contributed by atoms with Crippen molar-refractivity contribution in [3.8, 4) is 0 Å². The maximum atomic E-state index is 12.7. The first-order valence-electron chi connectivity index (χ1n) is 8.67. The molecule has 2 N–H and O–H groups in total. The Hall–Kier alpha value is -2.50. The van der Waals surface area contributed by atoms with E-state index in [1.165, 1.54) is 36.0 Å². The van der Waals surface area contributed by atoms with Gasteiger partial charge in [-0.25, -0.2) is 17.5 Å². The van der Waals surface area contributed by atoms with Crippen LogP contribution in [0, 0.1) is 5.92 Å². The molecule has 152 valence electrons. The van der Waals surface area contributed by atoms with Gasteiger partial charge in [0.1, 0.15) is 6.54 Å². The summed E-state index contributed by atoms with van der Waals surface area (Å²) in [4.78, 5) is 38.3. The molecule has 0 aliphatic carbocycles. The first-order chi connectivity index (χ1) is 13.1. The minimum absolute atomic E-state index is 0.0528. The summed E-state index contributed by atoms with van der Waals surface area (Å²) >= 11 is 0. The Balaban J connectivity index is 1.67. The van der Waals surface area contributed by atoms with Gasteiger partial charge in [-0.2, -0.15) is 0 Å². The molecular weight excluding hydrogens is 388 g/mol. The summed E-state index contributed by atoms with van der Waals surface area (Å²) in [6.45, 7) is 0.113. The third-order valence-corrected chi connectivity index (χ3v) is 6.86. The van der Waals surface area contributed by atoms with Crippen molar-refractivity contribution in [2.45, 2.75) is 6.10 Å². The van der Waals surface area contributed by atoms with E-state index in [9.17, 15) is 27.9 Å². The van der Waals surface area contributed by atoms with Crippen molar-refractivity contribution in [2.24, 2.45) is 5.92 Å². The second-order valence-electron chi connectivity index (χ2n) is 7.08. The van der Waals surface area contributed by atoms with Gasteiger partial charge in [0.05, 0.1) is 11.9 Å². The molecule has 0 radical (unpaired) electrons. The smallest absolute Gasteiger partial charge is 0.329 e. The molecule has 1 aromatic rings. The fraction of sp³-hybridized carbons (Fsp3) is 0.471. The quantitative estimate of drug-likeness (QED) is 0.604. The number of carbonyl (C=O) groups is 3. The second-order valence-corrected chi connectivity index (χ2v) is 9.31. The van der Waals surface area contributed by atoms with Crippen molar-refractivity contribution in [3.05, 3.63) is 29.8 Å². The molecule has 4 amide bonds. The van der Waals surface area contributed by atoms with Crippen LogP contribution in [0.2, 0.25) is 0 Å². The minimum Gasteiger partial charge on any atom is -0.391 e. The van der Waals surface area contributed by atoms with Crippen LogP contribution in [0.25, 0.3) is 0 Å². The Morgan fingerprint density at radius 2 is 1.86 bits per heavy atom. The molecule has 2 fully saturated rings. The number of nitrogens with zero attached hydrogens (tertiary/aromatic N) is 3. The van der Waals surface area contributed by atoms with Crippen molar-refractivity contribution in [2.75, 3.05) is 44.4 Å². The third kappa shape index (κ3) is 4.01. The molecule has 0 spiro atoms. The number of hydrogen-bond acceptors (Lipinski definition) is 6. The number of nitrogens with one attached hydrogen (secondary N) is 1. The van der Waals surface area contributed by atoms with E-state index < -0.39 is 34.0 Å². The summed E-state index contributed by atoms with van der Waals surface area (Å²) in [5.41, 5.74) is 0.828. The summed E-state index contributed by atoms with van der Waals surface area (Å²) in [6, 6.07) is 5.67. The van der Waals surface area contributed by atoms with Gasteiger partial charge in [0.15, 0.2) is 0 Å². The summed E-state index contributed by atoms with van der Waals surface area (Å²) < 4.78 is 25.2. The Labute approximate surface area is 162 Å². The summed E-state index contributed by atoms with van der Waals surface area (Å²) in [6.07, 6.45) is -0.919. The van der Waals surface area contributed by atoms with Gasteiger partial charge in [0, 0.05) is 44.4 Å². The van der Waals surface area contributed by atoms with E-state index in [0.717, 1.165) is 4.31 Å². The van der Waals surface area contributed by atoms with Crippen LogP contribution in [0.4, 0.5) is 10.5 Å². The average molecular weight is 410 g/mol. The largest absolute Gasteiger partial charge is 0.391 e. The monoisotopic (exact) mass is 410 g/mol. The molecule has 2 saturated heterocycles. The lowest BCUT2D eigenvalue weighted by molar-refractivity contribution is -0.117. The molecule has 2 atom stereocenters. The number of likely N-dealkylation sites (tertiary alicyclic amines) is 1. The number of aliphatic hydroxyl groups is 1. The van der Waals surface area contributed by atoms with Crippen molar-refractivity contribution in [1.29, 1.82) is 0 Å². The standard InChI is InChI=1S/C17H22N4O6S/c1-19(2)28(26,27)10-12-7-20(8-14(12)22)16(24)11-3-5-13(6-4-11)21-9-15(23)18-17(21)25/h3-6,12,14,22H,7-10H2,1-2H3,(H,18,23,25)/t12-,14-/m0/s1. The Bertz CT molecular complexity index is 899. The lowest BCUT2D eigenvalue weighted by Crippen LogP contribution is -2.33. The van der Waals surface area contributed by atoms with Crippen LogP contribution in [0.15, 0.2) is 24.3 Å². The molecule has 28 heavy (non-hydrogen) atoms. The molecule has 2 aliphatic heterocycles. The van der Waals surface area contributed by atoms with Crippen LogP contribution in [-0.4, -0.2) is 86.2 Å². The van der Waals surface area contributed by atoms with E-state index in [-0.39, 0.29) is 31.3 Å².